The summed E-state index contributed by atoms with van der Waals surface area (Å²) in [6, 6.07) is 11.4. The van der Waals surface area contributed by atoms with Crippen LogP contribution >= 0.6 is 0 Å². The van der Waals surface area contributed by atoms with Gasteiger partial charge in [0.25, 0.3) is 0 Å². The molecule has 0 fully saturated rings. The molecular formula is C16H10N4O8. The molecule has 0 atom stereocenters. The molecule has 0 saturated heterocycles. The molecule has 3 aliphatic carbocycles. The summed E-state index contributed by atoms with van der Waals surface area (Å²) in [6.45, 7) is 0. The van der Waals surface area contributed by atoms with Gasteiger partial charge in [-0.15, -0.1) is 0 Å². The van der Waals surface area contributed by atoms with Gasteiger partial charge in [-0.2, -0.15) is 0 Å². The zero-order valence-corrected chi connectivity index (χ0v) is 13.8. The average molecular weight is 386 g/mol. The van der Waals surface area contributed by atoms with Crippen LogP contribution in [0, 0.1) is 40.5 Å². The van der Waals surface area contributed by atoms with Crippen molar-refractivity contribution in [2.45, 2.75) is 23.2 Å². The Morgan fingerprint density at radius 2 is 0.750 bits per heavy atom. The quantitative estimate of drug-likeness (QED) is 0.434. The van der Waals surface area contributed by atoms with Crippen molar-refractivity contribution in [2.75, 3.05) is 0 Å². The summed E-state index contributed by atoms with van der Waals surface area (Å²) in [4.78, 5) is 42.5. The summed E-state index contributed by atoms with van der Waals surface area (Å²) in [5.41, 5.74) is -6.99. The molecule has 142 valence electrons. The van der Waals surface area contributed by atoms with Crippen molar-refractivity contribution >= 4 is 0 Å². The first kappa shape index (κ1) is 17.5. The third-order valence-electron chi connectivity index (χ3n) is 5.70. The molecule has 0 unspecified atom stereocenters. The zero-order valence-electron chi connectivity index (χ0n) is 13.8. The molecule has 12 nitrogen and oxygen atoms in total. The molecule has 0 radical (unpaired) electrons. The van der Waals surface area contributed by atoms with Crippen LogP contribution in [0.25, 0.3) is 0 Å². The van der Waals surface area contributed by atoms with E-state index in [0.29, 0.717) is 0 Å². The number of nitro groups is 4. The van der Waals surface area contributed by atoms with Gasteiger partial charge >= 0.3 is 11.3 Å². The van der Waals surface area contributed by atoms with E-state index in [1.807, 2.05) is 0 Å². The molecule has 0 aliphatic heterocycles. The van der Waals surface area contributed by atoms with Crippen LogP contribution in [0.3, 0.4) is 0 Å². The molecule has 0 N–H and O–H groups in total. The van der Waals surface area contributed by atoms with E-state index in [-0.39, 0.29) is 22.3 Å². The predicted octanol–water partition coefficient (Wildman–Crippen LogP) is 1.78. The highest BCUT2D eigenvalue weighted by molar-refractivity contribution is 5.59. The highest BCUT2D eigenvalue weighted by atomic mass is 16.7. The van der Waals surface area contributed by atoms with E-state index in [2.05, 4.69) is 0 Å². The van der Waals surface area contributed by atoms with E-state index >= 15 is 0 Å². The highest BCUT2D eigenvalue weighted by Crippen LogP contribution is 2.64. The summed E-state index contributed by atoms with van der Waals surface area (Å²) >= 11 is 0. The second-order valence-electron chi connectivity index (χ2n) is 6.60. The first-order chi connectivity index (χ1) is 13.2. The van der Waals surface area contributed by atoms with Crippen LogP contribution < -0.4 is 0 Å². The van der Waals surface area contributed by atoms with Crippen molar-refractivity contribution < 1.29 is 19.7 Å². The minimum atomic E-state index is -3.71. The number of benzene rings is 2. The first-order valence-electron chi connectivity index (χ1n) is 7.99. The molecule has 0 heterocycles. The zero-order chi connectivity index (χ0) is 20.4. The minimum Gasteiger partial charge on any atom is -0.258 e. The summed E-state index contributed by atoms with van der Waals surface area (Å²) in [5.74, 6) is -3.60. The molecule has 2 aromatic rings. The van der Waals surface area contributed by atoms with Gasteiger partial charge in [-0.1, -0.05) is 48.5 Å². The Balaban J connectivity index is 2.31. The molecule has 0 amide bonds. The summed E-state index contributed by atoms with van der Waals surface area (Å²) in [7, 11) is 0. The number of nitrogens with zero attached hydrogens (tertiary/aromatic N) is 4. The van der Waals surface area contributed by atoms with Gasteiger partial charge in [-0.25, -0.2) is 0 Å². The van der Waals surface area contributed by atoms with Gasteiger partial charge in [0.15, 0.2) is 11.8 Å². The molecule has 5 rings (SSSR count). The van der Waals surface area contributed by atoms with Crippen LogP contribution in [0.5, 0.6) is 0 Å². The standard InChI is InChI=1S/C16H10N4O8/c21-17(22)15(18(23)24)13-9-5-1-2-6-10(9)14(12-8-4-3-7-11(12)13)16(15,19(25)26)20(27)28/h1-8,13-14H. The summed E-state index contributed by atoms with van der Waals surface area (Å²) < 4.78 is 0. The molecule has 0 spiro atoms. The molecule has 28 heavy (non-hydrogen) atoms. The number of hydrogen-bond donors (Lipinski definition) is 0. The Kier molecular flexibility index (Phi) is 3.29. The maximum absolute atomic E-state index is 12.1. The Morgan fingerprint density at radius 1 is 0.536 bits per heavy atom. The van der Waals surface area contributed by atoms with Crippen LogP contribution in [-0.4, -0.2) is 31.0 Å². The van der Waals surface area contributed by atoms with Crippen LogP contribution in [0.1, 0.15) is 34.1 Å². The van der Waals surface area contributed by atoms with Crippen molar-refractivity contribution in [1.82, 2.24) is 0 Å². The lowest BCUT2D eigenvalue weighted by Gasteiger charge is -2.44. The monoisotopic (exact) mass is 386 g/mol. The van der Waals surface area contributed by atoms with Crippen LogP contribution in [0.4, 0.5) is 0 Å². The maximum Gasteiger partial charge on any atom is 0.605 e. The maximum atomic E-state index is 12.1. The molecule has 12 heteroatoms. The average Bonchev–Trinajstić information content (AvgIpc) is 2.66. The van der Waals surface area contributed by atoms with E-state index < -0.39 is 42.9 Å². The van der Waals surface area contributed by atoms with Crippen molar-refractivity contribution in [1.29, 1.82) is 0 Å². The van der Waals surface area contributed by atoms with Crippen molar-refractivity contribution in [3.05, 3.63) is 111 Å². The van der Waals surface area contributed by atoms with Crippen LogP contribution in [0.15, 0.2) is 48.5 Å². The van der Waals surface area contributed by atoms with E-state index in [9.17, 15) is 40.5 Å². The van der Waals surface area contributed by atoms with Gasteiger partial charge in [-0.3, -0.25) is 40.5 Å². The van der Waals surface area contributed by atoms with Crippen LogP contribution in [0.2, 0.25) is 0 Å². The SMILES string of the molecule is O=[N+]([O-])C1([N+](=O)[O-])C2c3ccccc3C(c3ccccc32)C1([N+](=O)[O-])[N+](=O)[O-]. The summed E-state index contributed by atoms with van der Waals surface area (Å²) in [5, 5.41) is 48.4. The Hall–Kier alpha value is -3.96. The van der Waals surface area contributed by atoms with Crippen molar-refractivity contribution in [3.8, 4) is 0 Å². The van der Waals surface area contributed by atoms with Crippen LogP contribution in [-0.2, 0) is 0 Å². The largest absolute Gasteiger partial charge is 0.605 e. The van der Waals surface area contributed by atoms with E-state index in [1.165, 1.54) is 48.5 Å². The first-order valence-corrected chi connectivity index (χ1v) is 7.99. The third-order valence-corrected chi connectivity index (χ3v) is 5.70. The predicted molar refractivity (Wildman–Crippen MR) is 90.0 cm³/mol. The number of fused-ring (bicyclic) bond motifs is 1. The van der Waals surface area contributed by atoms with Crippen molar-refractivity contribution in [3.63, 3.8) is 0 Å². The summed E-state index contributed by atoms with van der Waals surface area (Å²) in [6.07, 6.45) is 0. The third kappa shape index (κ3) is 1.56. The molecule has 0 aromatic heterocycles. The molecule has 0 saturated carbocycles. The van der Waals surface area contributed by atoms with Gasteiger partial charge in [0.1, 0.15) is 19.7 Å². The Labute approximate surface area is 155 Å². The van der Waals surface area contributed by atoms with E-state index in [1.54, 1.807) is 0 Å². The highest BCUT2D eigenvalue weighted by Gasteiger charge is 3.00. The lowest BCUT2D eigenvalue weighted by atomic mass is 9.53. The van der Waals surface area contributed by atoms with Gasteiger partial charge < -0.3 is 0 Å². The fraction of sp³-hybridized carbons (Fsp3) is 0.250. The molecule has 2 bridgehead atoms. The lowest BCUT2D eigenvalue weighted by molar-refractivity contribution is -0.943. The second-order valence-corrected chi connectivity index (χ2v) is 6.60. The molecule has 3 aliphatic rings. The fourth-order valence-corrected chi connectivity index (χ4v) is 4.79. The Morgan fingerprint density at radius 3 is 0.929 bits per heavy atom. The number of rotatable bonds is 4. The lowest BCUT2D eigenvalue weighted by Crippen LogP contribution is -2.79. The Bertz CT molecular complexity index is 924. The molecular weight excluding hydrogens is 376 g/mol. The minimum absolute atomic E-state index is 0.110. The second kappa shape index (κ2) is 5.28. The van der Waals surface area contributed by atoms with Gasteiger partial charge in [0, 0.05) is 0 Å². The fourth-order valence-electron chi connectivity index (χ4n) is 4.79. The number of hydrogen-bond acceptors (Lipinski definition) is 8. The van der Waals surface area contributed by atoms with E-state index in [0.717, 1.165) is 0 Å². The van der Waals surface area contributed by atoms with Gasteiger partial charge in [0.05, 0.1) is 0 Å². The van der Waals surface area contributed by atoms with E-state index in [4.69, 9.17) is 0 Å². The van der Waals surface area contributed by atoms with Gasteiger partial charge in [0.2, 0.25) is 0 Å². The van der Waals surface area contributed by atoms with Crippen molar-refractivity contribution in [2.24, 2.45) is 0 Å². The smallest absolute Gasteiger partial charge is 0.258 e. The molecule has 2 aromatic carbocycles. The topological polar surface area (TPSA) is 173 Å². The van der Waals surface area contributed by atoms with Gasteiger partial charge in [-0.05, 0) is 22.3 Å². The normalized spacial score (nSPS) is 22.6.